The predicted octanol–water partition coefficient (Wildman–Crippen LogP) is 2.02. The molecule has 1 aromatic carbocycles. The first kappa shape index (κ1) is 21.4. The number of aromatic amines is 1. The highest BCUT2D eigenvalue weighted by atomic mass is 35.5. The van der Waals surface area contributed by atoms with Gasteiger partial charge in [0.25, 0.3) is 5.91 Å². The van der Waals surface area contributed by atoms with Crippen LogP contribution in [-0.4, -0.2) is 55.3 Å². The van der Waals surface area contributed by atoms with E-state index in [1.807, 2.05) is 0 Å². The number of benzene rings is 1. The van der Waals surface area contributed by atoms with Gasteiger partial charge in [0.05, 0.1) is 18.5 Å². The second kappa shape index (κ2) is 8.87. The number of methoxy groups -OCH3 is 1. The van der Waals surface area contributed by atoms with E-state index in [1.54, 1.807) is 30.0 Å². The van der Waals surface area contributed by atoms with E-state index in [0.717, 1.165) is 11.5 Å². The maximum absolute atomic E-state index is 12.6. The summed E-state index contributed by atoms with van der Waals surface area (Å²) in [6.45, 7) is 0.945. The van der Waals surface area contributed by atoms with Crippen LogP contribution in [0.4, 0.5) is 11.4 Å². The maximum atomic E-state index is 12.6. The van der Waals surface area contributed by atoms with Crippen molar-refractivity contribution in [2.24, 2.45) is 0 Å². The Hall–Kier alpha value is -1.88. The molecule has 11 heteroatoms. The molecule has 0 bridgehead atoms. The first-order valence-corrected chi connectivity index (χ1v) is 10.5. The fourth-order valence-corrected chi connectivity index (χ4v) is 5.12. The van der Waals surface area contributed by atoms with Gasteiger partial charge in [0.1, 0.15) is 16.3 Å². The molecule has 4 N–H and O–H groups in total. The Morgan fingerprint density at radius 1 is 1.30 bits per heavy atom. The van der Waals surface area contributed by atoms with Gasteiger partial charge in [-0.05, 0) is 18.2 Å². The van der Waals surface area contributed by atoms with Crippen LogP contribution < -0.4 is 15.8 Å². The van der Waals surface area contributed by atoms with Gasteiger partial charge >= 0.3 is 0 Å². The molecule has 1 saturated heterocycles. The van der Waals surface area contributed by atoms with Crippen molar-refractivity contribution >= 4 is 51.5 Å². The first-order chi connectivity index (χ1) is 12.4. The van der Waals surface area contributed by atoms with E-state index in [9.17, 15) is 13.2 Å². The largest absolute Gasteiger partial charge is 0.497 e. The van der Waals surface area contributed by atoms with Crippen LogP contribution in [0.5, 0.6) is 5.75 Å². The van der Waals surface area contributed by atoms with Crippen LogP contribution in [-0.2, 0) is 10.0 Å². The number of nitrogen functional groups attached to an aromatic ring is 1. The Morgan fingerprint density at radius 3 is 2.67 bits per heavy atom. The minimum Gasteiger partial charge on any atom is -0.497 e. The third-order valence-electron chi connectivity index (χ3n) is 4.02. The number of H-pyrrole nitrogens is 1. The number of nitrogens with one attached hydrogen (secondary N) is 2. The number of sulfonamides is 1. The molecular formula is C16H21ClN4O4S2. The molecule has 1 amide bonds. The lowest BCUT2D eigenvalue weighted by molar-refractivity contribution is 0.102. The zero-order chi connectivity index (χ0) is 18.7. The summed E-state index contributed by atoms with van der Waals surface area (Å²) >= 11 is 1.73. The van der Waals surface area contributed by atoms with Crippen LogP contribution in [0.1, 0.15) is 10.5 Å². The van der Waals surface area contributed by atoms with Gasteiger partial charge in [0.15, 0.2) is 0 Å². The Kier molecular flexibility index (Phi) is 7.04. The topological polar surface area (TPSA) is 118 Å². The molecule has 1 fully saturated rings. The maximum Gasteiger partial charge on any atom is 0.272 e. The van der Waals surface area contributed by atoms with Crippen LogP contribution >= 0.6 is 24.2 Å². The van der Waals surface area contributed by atoms with Gasteiger partial charge in [-0.15, -0.1) is 12.4 Å². The number of ether oxygens (including phenoxy) is 1. The minimum atomic E-state index is -3.60. The number of thioether (sulfide) groups is 1. The Bertz CT molecular complexity index is 911. The number of amides is 1. The Morgan fingerprint density at radius 2 is 2.00 bits per heavy atom. The summed E-state index contributed by atoms with van der Waals surface area (Å²) in [5.41, 5.74) is 6.76. The third-order valence-corrected chi connectivity index (χ3v) is 6.84. The molecule has 8 nitrogen and oxygen atoms in total. The second-order valence-electron chi connectivity index (χ2n) is 5.67. The molecule has 2 aromatic rings. The van der Waals surface area contributed by atoms with E-state index >= 15 is 0 Å². The highest BCUT2D eigenvalue weighted by molar-refractivity contribution is 7.99. The van der Waals surface area contributed by atoms with Crippen molar-refractivity contribution in [2.45, 2.75) is 4.90 Å². The molecule has 0 saturated carbocycles. The average Bonchev–Trinajstić information content (AvgIpc) is 3.15. The highest BCUT2D eigenvalue weighted by Gasteiger charge is 2.27. The molecule has 1 aromatic heterocycles. The molecule has 1 aliphatic rings. The molecule has 27 heavy (non-hydrogen) atoms. The predicted molar refractivity (Wildman–Crippen MR) is 109 cm³/mol. The van der Waals surface area contributed by atoms with Crippen molar-refractivity contribution in [1.82, 2.24) is 9.29 Å². The summed E-state index contributed by atoms with van der Waals surface area (Å²) in [5.74, 6) is 1.60. The summed E-state index contributed by atoms with van der Waals surface area (Å²) in [6.07, 6.45) is 1.33. The molecular weight excluding hydrogens is 412 g/mol. The van der Waals surface area contributed by atoms with Crippen LogP contribution in [0.25, 0.3) is 0 Å². The number of hydrogen-bond acceptors (Lipinski definition) is 6. The van der Waals surface area contributed by atoms with Gasteiger partial charge in [-0.3, -0.25) is 4.79 Å². The third kappa shape index (κ3) is 4.70. The molecule has 0 unspecified atom stereocenters. The van der Waals surface area contributed by atoms with E-state index in [1.165, 1.54) is 23.7 Å². The quantitative estimate of drug-likeness (QED) is 0.622. The number of halogens is 1. The summed E-state index contributed by atoms with van der Waals surface area (Å²) in [4.78, 5) is 15.2. The van der Waals surface area contributed by atoms with Gasteiger partial charge in [-0.25, -0.2) is 8.42 Å². The van der Waals surface area contributed by atoms with E-state index < -0.39 is 15.9 Å². The number of rotatable bonds is 5. The lowest BCUT2D eigenvalue weighted by Crippen LogP contribution is -2.37. The van der Waals surface area contributed by atoms with Gasteiger partial charge in [0.2, 0.25) is 10.0 Å². The van der Waals surface area contributed by atoms with Gasteiger partial charge < -0.3 is 20.8 Å². The van der Waals surface area contributed by atoms with E-state index in [2.05, 4.69) is 10.3 Å². The normalized spacial score (nSPS) is 15.0. The molecule has 1 aliphatic heterocycles. The van der Waals surface area contributed by atoms with Crippen LogP contribution in [0.15, 0.2) is 35.4 Å². The lowest BCUT2D eigenvalue weighted by atomic mass is 10.2. The standard InChI is InChI=1S/C16H20N4O4S2.ClH/c1-24-11-2-3-13(17)14(8-11)19-16(21)15-9-12(10-18-15)26(22,23)20-4-6-25-7-5-20;/h2-3,8-10,18H,4-7,17H2,1H3,(H,19,21);1H. The van der Waals surface area contributed by atoms with Gasteiger partial charge in [-0.2, -0.15) is 16.1 Å². The van der Waals surface area contributed by atoms with E-state index in [4.69, 9.17) is 10.5 Å². The number of carbonyl (C=O) groups excluding carboxylic acids is 1. The van der Waals surface area contributed by atoms with Crippen molar-refractivity contribution in [1.29, 1.82) is 0 Å². The molecule has 3 rings (SSSR count). The molecule has 0 radical (unpaired) electrons. The number of anilines is 2. The van der Waals surface area contributed by atoms with Crippen LogP contribution in [0.3, 0.4) is 0 Å². The molecule has 0 aliphatic carbocycles. The number of nitrogens with two attached hydrogens (primary N) is 1. The zero-order valence-electron chi connectivity index (χ0n) is 14.6. The van der Waals surface area contributed by atoms with E-state index in [-0.39, 0.29) is 23.0 Å². The molecule has 0 spiro atoms. The summed E-state index contributed by atoms with van der Waals surface area (Å²) in [7, 11) is -2.09. The van der Waals surface area contributed by atoms with Crippen molar-refractivity contribution in [3.63, 3.8) is 0 Å². The van der Waals surface area contributed by atoms with Gasteiger partial charge in [-0.1, -0.05) is 0 Å². The smallest absolute Gasteiger partial charge is 0.272 e. The van der Waals surface area contributed by atoms with E-state index in [0.29, 0.717) is 30.2 Å². The monoisotopic (exact) mass is 432 g/mol. The molecule has 148 valence electrons. The SMILES string of the molecule is COc1ccc(N)c(NC(=O)c2cc(S(=O)(=O)N3CCSCC3)c[nH]2)c1.Cl. The van der Waals surface area contributed by atoms with Crippen molar-refractivity contribution < 1.29 is 17.9 Å². The average molecular weight is 433 g/mol. The van der Waals surface area contributed by atoms with Crippen LogP contribution in [0, 0.1) is 0 Å². The Labute approximate surface area is 168 Å². The minimum absolute atomic E-state index is 0. The van der Waals surface area contributed by atoms with Crippen molar-refractivity contribution in [2.75, 3.05) is 42.8 Å². The fraction of sp³-hybridized carbons (Fsp3) is 0.312. The lowest BCUT2D eigenvalue weighted by Gasteiger charge is -2.24. The number of hydrogen-bond donors (Lipinski definition) is 3. The Balaban J connectivity index is 0.00000261. The summed E-state index contributed by atoms with van der Waals surface area (Å²) < 4.78 is 31.8. The van der Waals surface area contributed by atoms with Crippen molar-refractivity contribution in [3.05, 3.63) is 36.2 Å². The molecule has 2 heterocycles. The number of nitrogens with zero attached hydrogens (tertiary/aromatic N) is 1. The summed E-state index contributed by atoms with van der Waals surface area (Å²) in [6, 6.07) is 6.23. The first-order valence-electron chi connectivity index (χ1n) is 7.93. The highest BCUT2D eigenvalue weighted by Crippen LogP contribution is 2.25. The number of carbonyl (C=O) groups is 1. The number of aromatic nitrogens is 1. The zero-order valence-corrected chi connectivity index (χ0v) is 17.0. The fourth-order valence-electron chi connectivity index (χ4n) is 2.55. The second-order valence-corrected chi connectivity index (χ2v) is 8.84. The van der Waals surface area contributed by atoms with Crippen LogP contribution in [0.2, 0.25) is 0 Å². The van der Waals surface area contributed by atoms with Gasteiger partial charge in [0, 0.05) is 36.9 Å². The summed E-state index contributed by atoms with van der Waals surface area (Å²) in [5, 5.41) is 2.66. The van der Waals surface area contributed by atoms with Crippen molar-refractivity contribution in [3.8, 4) is 5.75 Å². The molecule has 0 atom stereocenters.